The lowest BCUT2D eigenvalue weighted by molar-refractivity contribution is -0.126. The molecule has 2 fully saturated rings. The van der Waals surface area contributed by atoms with Crippen molar-refractivity contribution in [2.75, 3.05) is 92.7 Å². The first-order valence-corrected chi connectivity index (χ1v) is 19.3. The summed E-state index contributed by atoms with van der Waals surface area (Å²) in [5.41, 5.74) is 2.79. The molecule has 2 aliphatic heterocycles. The first-order chi connectivity index (χ1) is 28.8. The highest BCUT2D eigenvalue weighted by Gasteiger charge is 2.34. The van der Waals surface area contributed by atoms with Crippen LogP contribution in [0.4, 0.5) is 0 Å². The minimum Gasteiger partial charge on any atom is -0.494 e. The van der Waals surface area contributed by atoms with Gasteiger partial charge < -0.3 is 44.0 Å². The number of pyridine rings is 1. The number of likely N-dealkylation sites (tertiary alicyclic amines) is 2. The van der Waals surface area contributed by atoms with Crippen molar-refractivity contribution in [3.05, 3.63) is 71.6 Å². The van der Waals surface area contributed by atoms with Gasteiger partial charge in [-0.15, -0.1) is 11.5 Å². The van der Waals surface area contributed by atoms with E-state index in [-0.39, 0.29) is 29.6 Å². The van der Waals surface area contributed by atoms with Crippen LogP contribution < -0.4 is 10.1 Å². The molecule has 2 atom stereocenters. The van der Waals surface area contributed by atoms with E-state index >= 15 is 0 Å². The molecule has 3 N–H and O–H groups in total. The summed E-state index contributed by atoms with van der Waals surface area (Å²) in [6, 6.07) is 11.1. The summed E-state index contributed by atoms with van der Waals surface area (Å²) in [5.74, 6) is 0.702. The largest absolute Gasteiger partial charge is 0.494 e. The molecule has 1 aromatic carbocycles. The smallest absolute Gasteiger partial charge is 0.295 e. The third-order valence-corrected chi connectivity index (χ3v) is 9.94. The number of carbonyl (C=O) groups is 3. The number of benzene rings is 1. The molecule has 59 heavy (non-hydrogen) atoms. The topological polar surface area (TPSA) is 219 Å². The summed E-state index contributed by atoms with van der Waals surface area (Å²) in [6.45, 7) is 5.15. The van der Waals surface area contributed by atoms with Crippen LogP contribution in [-0.2, 0) is 23.7 Å². The summed E-state index contributed by atoms with van der Waals surface area (Å²) in [7, 11) is 1.43. The molecule has 0 aliphatic carbocycles. The number of aliphatic hydroxyl groups excluding tert-OH is 1. The number of aliphatic hydroxyl groups is 1. The Labute approximate surface area is 341 Å². The van der Waals surface area contributed by atoms with Crippen LogP contribution in [-0.4, -0.2) is 162 Å². The Morgan fingerprint density at radius 1 is 0.983 bits per heavy atom. The molecule has 2 saturated heterocycles. The lowest BCUT2D eigenvalue weighted by atomic mass is 9.93. The number of hydrogen-bond donors (Lipinski definition) is 3. The van der Waals surface area contributed by atoms with Crippen molar-refractivity contribution in [1.29, 1.82) is 5.26 Å². The number of nitrogens with zero attached hydrogens (tertiary/aromatic N) is 7. The predicted octanol–water partition coefficient (Wildman–Crippen LogP) is 1.41. The number of H-pyrrole nitrogens is 1. The number of aromatic nitrogens is 5. The Morgan fingerprint density at radius 3 is 2.36 bits per heavy atom. The maximum absolute atomic E-state index is 13.7. The quantitative estimate of drug-likeness (QED) is 0.0378. The van der Waals surface area contributed by atoms with Gasteiger partial charge in [0.05, 0.1) is 99.8 Å². The Kier molecular flexibility index (Phi) is 15.3. The summed E-state index contributed by atoms with van der Waals surface area (Å²) < 4.78 is 28.5. The number of rotatable bonds is 20. The SMILES string of the molecule is C#CCOCCOCCOCCOCCN1C[C@@H](O)[C@H](NC(=O)c2ncn(-c3ncc(OC)c4c(C(=O)C(=O)N5CCC(=C(C#N)c6ccccc6)CC5)c[nH]c34)n2)C1. The van der Waals surface area contributed by atoms with Crippen molar-refractivity contribution in [2.24, 2.45) is 0 Å². The second kappa shape index (κ2) is 21.1. The number of fused-ring (bicyclic) bond motifs is 1. The zero-order valence-corrected chi connectivity index (χ0v) is 32.8. The molecular formula is C41H47N9O9. The molecule has 2 amide bonds. The maximum atomic E-state index is 13.7. The summed E-state index contributed by atoms with van der Waals surface area (Å²) in [6.07, 6.45) is 9.38. The van der Waals surface area contributed by atoms with Gasteiger partial charge in [0, 0.05) is 38.9 Å². The van der Waals surface area contributed by atoms with Gasteiger partial charge in [-0.25, -0.2) is 9.97 Å². The van der Waals surface area contributed by atoms with E-state index in [1.807, 2.05) is 35.2 Å². The third kappa shape index (κ3) is 10.7. The Balaban J connectivity index is 0.999. The number of ketones is 1. The average molecular weight is 810 g/mol. The van der Waals surface area contributed by atoms with Gasteiger partial charge in [0.15, 0.2) is 5.82 Å². The van der Waals surface area contributed by atoms with Gasteiger partial charge >= 0.3 is 0 Å². The van der Waals surface area contributed by atoms with Gasteiger partial charge in [0.25, 0.3) is 17.6 Å². The van der Waals surface area contributed by atoms with Gasteiger partial charge in [0.1, 0.15) is 18.7 Å². The van der Waals surface area contributed by atoms with E-state index < -0.39 is 29.7 Å². The van der Waals surface area contributed by atoms with E-state index in [0.29, 0.717) is 108 Å². The van der Waals surface area contributed by atoms with Crippen LogP contribution >= 0.6 is 0 Å². The average Bonchev–Trinajstić information content (AvgIpc) is 4.02. The number of carbonyl (C=O) groups excluding carboxylic acids is 3. The summed E-state index contributed by atoms with van der Waals surface area (Å²) in [5, 5.41) is 28.0. The van der Waals surface area contributed by atoms with Gasteiger partial charge in [-0.05, 0) is 24.0 Å². The van der Waals surface area contributed by atoms with Gasteiger partial charge in [0.2, 0.25) is 5.82 Å². The highest BCUT2D eigenvalue weighted by atomic mass is 16.6. The monoisotopic (exact) mass is 809 g/mol. The summed E-state index contributed by atoms with van der Waals surface area (Å²) in [4.78, 5) is 55.6. The van der Waals surface area contributed by atoms with E-state index in [2.05, 4.69) is 37.4 Å². The molecule has 2 aliphatic rings. The fourth-order valence-corrected chi connectivity index (χ4v) is 6.93. The summed E-state index contributed by atoms with van der Waals surface area (Å²) >= 11 is 0. The maximum Gasteiger partial charge on any atom is 0.295 e. The van der Waals surface area contributed by atoms with Crippen LogP contribution in [0.1, 0.15) is 39.4 Å². The number of Topliss-reactive ketones (excluding diaryl/α,β-unsaturated/α-hetero) is 1. The third-order valence-electron chi connectivity index (χ3n) is 9.94. The van der Waals surface area contributed by atoms with Gasteiger partial charge in [-0.2, -0.15) is 9.94 Å². The second-order valence-electron chi connectivity index (χ2n) is 13.7. The molecule has 5 heterocycles. The van der Waals surface area contributed by atoms with Crippen molar-refractivity contribution in [3.8, 4) is 30.0 Å². The molecule has 0 saturated carbocycles. The molecule has 0 unspecified atom stereocenters. The van der Waals surface area contributed by atoms with E-state index in [1.54, 1.807) is 0 Å². The molecule has 0 radical (unpaired) electrons. The second-order valence-corrected chi connectivity index (χ2v) is 13.7. The number of aromatic amines is 1. The Hall–Kier alpha value is -5.99. The lowest BCUT2D eigenvalue weighted by Crippen LogP contribution is -2.43. The normalized spacial score (nSPS) is 16.8. The van der Waals surface area contributed by atoms with Crippen molar-refractivity contribution in [1.82, 2.24) is 39.8 Å². The number of piperidine rings is 1. The fraction of sp³-hybridized carbons (Fsp3) is 0.439. The molecule has 0 bridgehead atoms. The number of hydrogen-bond acceptors (Lipinski definition) is 14. The minimum atomic E-state index is -0.811. The molecule has 310 valence electrons. The van der Waals surface area contributed by atoms with E-state index in [1.165, 1.54) is 35.4 Å². The molecule has 18 nitrogen and oxygen atoms in total. The van der Waals surface area contributed by atoms with E-state index in [9.17, 15) is 24.8 Å². The standard InChI is InChI=1S/C41H47N9O9/c1-3-14-56-16-18-58-20-21-59-19-17-57-15-13-48-25-32(33(51)26-48)46-40(53)38-45-27-50(47-38)39-36-35(34(55-2)24-44-39)31(23-43-36)37(52)41(54)49-11-9-29(10-12-49)30(22-42)28-7-5-4-6-8-28/h1,4-8,23-24,27,32-33,43,51H,9-21,25-26H2,2H3,(H,46,53)/t32-,33-/m1/s1. The minimum absolute atomic E-state index is 0.0889. The number of nitrogens with one attached hydrogen (secondary N) is 2. The number of amides is 2. The van der Waals surface area contributed by atoms with E-state index in [0.717, 1.165) is 11.1 Å². The van der Waals surface area contributed by atoms with Crippen LogP contribution in [0.15, 0.2) is 54.6 Å². The molecule has 18 heteroatoms. The predicted molar refractivity (Wildman–Crippen MR) is 212 cm³/mol. The highest BCUT2D eigenvalue weighted by molar-refractivity contribution is 6.45. The van der Waals surface area contributed by atoms with Crippen molar-refractivity contribution >= 4 is 34.1 Å². The number of methoxy groups -OCH3 is 1. The van der Waals surface area contributed by atoms with Crippen LogP contribution in [0.25, 0.3) is 22.3 Å². The first kappa shape index (κ1) is 42.6. The fourth-order valence-electron chi connectivity index (χ4n) is 6.93. The number of ether oxygens (including phenoxy) is 5. The van der Waals surface area contributed by atoms with Gasteiger partial charge in [-0.3, -0.25) is 19.3 Å². The number of terminal acetylenes is 1. The number of β-amino-alcohol motifs (C(OH)–C–C–N with tert-alkyl or cyclic N) is 1. The molecule has 3 aromatic heterocycles. The molecular weight excluding hydrogens is 763 g/mol. The van der Waals surface area contributed by atoms with Crippen LogP contribution in [0, 0.1) is 23.7 Å². The molecule has 4 aromatic rings. The van der Waals surface area contributed by atoms with Crippen LogP contribution in [0.2, 0.25) is 0 Å². The van der Waals surface area contributed by atoms with Gasteiger partial charge in [-0.1, -0.05) is 36.3 Å². The lowest BCUT2D eigenvalue weighted by Gasteiger charge is -2.28. The number of allylic oxidation sites excluding steroid dienone is 1. The zero-order valence-electron chi connectivity index (χ0n) is 32.8. The van der Waals surface area contributed by atoms with Crippen LogP contribution in [0.3, 0.4) is 0 Å². The first-order valence-electron chi connectivity index (χ1n) is 19.3. The Bertz CT molecular complexity index is 2180. The van der Waals surface area contributed by atoms with Crippen molar-refractivity contribution in [2.45, 2.75) is 25.0 Å². The highest BCUT2D eigenvalue weighted by Crippen LogP contribution is 2.33. The molecule has 0 spiro atoms. The van der Waals surface area contributed by atoms with Crippen molar-refractivity contribution in [3.63, 3.8) is 0 Å². The van der Waals surface area contributed by atoms with Crippen LogP contribution in [0.5, 0.6) is 5.75 Å². The molecule has 6 rings (SSSR count). The van der Waals surface area contributed by atoms with E-state index in [4.69, 9.17) is 30.1 Å². The van der Waals surface area contributed by atoms with Crippen molar-refractivity contribution < 1.29 is 43.2 Å². The number of nitriles is 1. The zero-order chi connectivity index (χ0) is 41.6. The Morgan fingerprint density at radius 2 is 1.68 bits per heavy atom.